The molecule has 0 amide bonds. The summed E-state index contributed by atoms with van der Waals surface area (Å²) in [5.41, 5.74) is 2.13. The molecular weight excluding hydrogens is 238 g/mol. The Kier molecular flexibility index (Phi) is 3.53. The van der Waals surface area contributed by atoms with E-state index in [2.05, 4.69) is 28.3 Å². The first-order chi connectivity index (χ1) is 9.28. The zero-order valence-electron chi connectivity index (χ0n) is 11.5. The average Bonchev–Trinajstić information content (AvgIpc) is 3.16. The van der Waals surface area contributed by atoms with Crippen LogP contribution in [0, 0.1) is 5.92 Å². The van der Waals surface area contributed by atoms with Gasteiger partial charge in [0.1, 0.15) is 5.82 Å². The molecule has 102 valence electrons. The number of nitrogens with zero attached hydrogens (tertiary/aromatic N) is 1. The maximum atomic E-state index is 5.31. The Hall–Kier alpha value is -1.39. The molecule has 1 aromatic carbocycles. The second-order valence-electron chi connectivity index (χ2n) is 5.43. The van der Waals surface area contributed by atoms with Crippen LogP contribution in [0.15, 0.2) is 24.3 Å². The molecule has 1 fully saturated rings. The third-order valence-electron chi connectivity index (χ3n) is 3.82. The van der Waals surface area contributed by atoms with Gasteiger partial charge in [-0.15, -0.1) is 0 Å². The number of benzene rings is 1. The van der Waals surface area contributed by atoms with Gasteiger partial charge in [0.2, 0.25) is 0 Å². The molecule has 4 heteroatoms. The smallest absolute Gasteiger partial charge is 0.124 e. The van der Waals surface area contributed by atoms with Crippen LogP contribution < -0.4 is 5.32 Å². The number of rotatable bonds is 6. The van der Waals surface area contributed by atoms with Crippen molar-refractivity contribution >= 4 is 11.0 Å². The third kappa shape index (κ3) is 2.80. The normalized spacial score (nSPS) is 18.6. The van der Waals surface area contributed by atoms with Gasteiger partial charge in [0, 0.05) is 13.2 Å². The van der Waals surface area contributed by atoms with E-state index >= 15 is 0 Å². The Morgan fingerprint density at radius 2 is 2.21 bits per heavy atom. The summed E-state index contributed by atoms with van der Waals surface area (Å²) in [7, 11) is 1.77. The van der Waals surface area contributed by atoms with E-state index in [1.54, 1.807) is 7.11 Å². The zero-order chi connectivity index (χ0) is 13.2. The summed E-state index contributed by atoms with van der Waals surface area (Å²) in [5, 5.41) is 3.64. The molecular formula is C15H21N3O. The molecule has 1 aromatic heterocycles. The molecule has 2 aromatic rings. The lowest BCUT2D eigenvalue weighted by atomic mass is 10.1. The first-order valence-corrected chi connectivity index (χ1v) is 6.97. The van der Waals surface area contributed by atoms with Crippen molar-refractivity contribution in [3.05, 3.63) is 30.1 Å². The molecule has 2 atom stereocenters. The van der Waals surface area contributed by atoms with Crippen molar-refractivity contribution in [2.75, 3.05) is 13.7 Å². The zero-order valence-corrected chi connectivity index (χ0v) is 11.5. The Balaban J connectivity index is 1.73. The average molecular weight is 259 g/mol. The molecule has 1 aliphatic rings. The minimum Gasteiger partial charge on any atom is -0.383 e. The molecule has 19 heavy (non-hydrogen) atoms. The number of ether oxygens (including phenoxy) is 1. The number of imidazole rings is 1. The van der Waals surface area contributed by atoms with Crippen LogP contribution in [0.3, 0.4) is 0 Å². The first kappa shape index (κ1) is 12.6. The van der Waals surface area contributed by atoms with Gasteiger partial charge in [0.05, 0.1) is 23.7 Å². The van der Waals surface area contributed by atoms with Crippen LogP contribution in [0.1, 0.15) is 31.6 Å². The van der Waals surface area contributed by atoms with Gasteiger partial charge in [0.25, 0.3) is 0 Å². The molecule has 4 nitrogen and oxygen atoms in total. The summed E-state index contributed by atoms with van der Waals surface area (Å²) in [6, 6.07) is 8.80. The van der Waals surface area contributed by atoms with Gasteiger partial charge >= 0.3 is 0 Å². The fraction of sp³-hybridized carbons (Fsp3) is 0.533. The van der Waals surface area contributed by atoms with Crippen molar-refractivity contribution in [3.8, 4) is 0 Å². The van der Waals surface area contributed by atoms with Gasteiger partial charge in [-0.1, -0.05) is 12.1 Å². The molecule has 3 rings (SSSR count). The number of para-hydroxylation sites is 2. The molecule has 0 radical (unpaired) electrons. The van der Waals surface area contributed by atoms with Gasteiger partial charge in [-0.25, -0.2) is 4.98 Å². The highest BCUT2D eigenvalue weighted by Crippen LogP contribution is 2.33. The number of aromatic nitrogens is 2. The molecule has 1 saturated carbocycles. The van der Waals surface area contributed by atoms with Crippen LogP contribution in [0.5, 0.6) is 0 Å². The molecule has 2 N–H and O–H groups in total. The van der Waals surface area contributed by atoms with Crippen molar-refractivity contribution in [1.82, 2.24) is 15.3 Å². The van der Waals surface area contributed by atoms with Gasteiger partial charge in [-0.05, 0) is 37.8 Å². The number of H-pyrrole nitrogens is 1. The van der Waals surface area contributed by atoms with E-state index in [4.69, 9.17) is 4.74 Å². The number of methoxy groups -OCH3 is 1. The van der Waals surface area contributed by atoms with E-state index in [1.807, 2.05) is 18.2 Å². The first-order valence-electron chi connectivity index (χ1n) is 6.97. The second-order valence-corrected chi connectivity index (χ2v) is 5.43. The van der Waals surface area contributed by atoms with Gasteiger partial charge in [-0.3, -0.25) is 0 Å². The quantitative estimate of drug-likeness (QED) is 0.838. The van der Waals surface area contributed by atoms with E-state index in [0.29, 0.717) is 6.04 Å². The van der Waals surface area contributed by atoms with Crippen molar-refractivity contribution in [2.45, 2.75) is 31.8 Å². The fourth-order valence-electron chi connectivity index (χ4n) is 2.58. The summed E-state index contributed by atoms with van der Waals surface area (Å²) in [6.07, 6.45) is 2.63. The summed E-state index contributed by atoms with van der Waals surface area (Å²) in [6.45, 7) is 2.93. The maximum Gasteiger partial charge on any atom is 0.124 e. The number of aromatic amines is 1. The molecule has 0 spiro atoms. The number of nitrogens with one attached hydrogen (secondary N) is 2. The van der Waals surface area contributed by atoms with E-state index < -0.39 is 0 Å². The van der Waals surface area contributed by atoms with Crippen LogP contribution in [0.25, 0.3) is 11.0 Å². The molecule has 0 bridgehead atoms. The minimum atomic E-state index is 0.216. The van der Waals surface area contributed by atoms with Crippen LogP contribution in [0.4, 0.5) is 0 Å². The summed E-state index contributed by atoms with van der Waals surface area (Å²) in [5.74, 6) is 1.77. The van der Waals surface area contributed by atoms with Gasteiger partial charge in [0.15, 0.2) is 0 Å². The Morgan fingerprint density at radius 3 is 2.89 bits per heavy atom. The molecule has 2 unspecified atom stereocenters. The molecule has 0 saturated heterocycles. The van der Waals surface area contributed by atoms with Crippen molar-refractivity contribution in [2.24, 2.45) is 5.92 Å². The monoisotopic (exact) mass is 259 g/mol. The topological polar surface area (TPSA) is 49.9 Å². The molecule has 1 heterocycles. The van der Waals surface area contributed by atoms with E-state index in [-0.39, 0.29) is 6.04 Å². The van der Waals surface area contributed by atoms with Crippen LogP contribution in [0.2, 0.25) is 0 Å². The third-order valence-corrected chi connectivity index (χ3v) is 3.82. The van der Waals surface area contributed by atoms with E-state index in [1.165, 1.54) is 12.8 Å². The van der Waals surface area contributed by atoms with Crippen LogP contribution in [-0.4, -0.2) is 29.7 Å². The molecule has 0 aliphatic heterocycles. The summed E-state index contributed by atoms with van der Waals surface area (Å²) in [4.78, 5) is 8.03. The number of fused-ring (bicyclic) bond motifs is 1. The number of hydrogen-bond acceptors (Lipinski definition) is 3. The maximum absolute atomic E-state index is 5.31. The largest absolute Gasteiger partial charge is 0.383 e. The lowest BCUT2D eigenvalue weighted by molar-refractivity contribution is 0.152. The highest BCUT2D eigenvalue weighted by molar-refractivity contribution is 5.74. The van der Waals surface area contributed by atoms with E-state index in [0.717, 1.165) is 29.4 Å². The van der Waals surface area contributed by atoms with E-state index in [9.17, 15) is 0 Å². The predicted octanol–water partition coefficient (Wildman–Crippen LogP) is 2.64. The second kappa shape index (κ2) is 5.31. The standard InChI is InChI=1S/C15H21N3O/c1-10(16-14(9-19-2)11-7-8-11)15-17-12-5-3-4-6-13(12)18-15/h3-6,10-11,14,16H,7-9H2,1-2H3,(H,17,18). The highest BCUT2D eigenvalue weighted by Gasteiger charge is 2.32. The lowest BCUT2D eigenvalue weighted by Gasteiger charge is -2.21. The van der Waals surface area contributed by atoms with Gasteiger partial charge in [-0.2, -0.15) is 0 Å². The van der Waals surface area contributed by atoms with Crippen LogP contribution in [-0.2, 0) is 4.74 Å². The SMILES string of the molecule is COCC(NC(C)c1nc2ccccc2[nH]1)C1CC1. The predicted molar refractivity (Wildman–Crippen MR) is 76.0 cm³/mol. The van der Waals surface area contributed by atoms with Crippen molar-refractivity contribution < 1.29 is 4.74 Å². The molecule has 1 aliphatic carbocycles. The highest BCUT2D eigenvalue weighted by atomic mass is 16.5. The van der Waals surface area contributed by atoms with Gasteiger partial charge < -0.3 is 15.0 Å². The van der Waals surface area contributed by atoms with Crippen molar-refractivity contribution in [3.63, 3.8) is 0 Å². The minimum absolute atomic E-state index is 0.216. The van der Waals surface area contributed by atoms with Crippen LogP contribution >= 0.6 is 0 Å². The Bertz CT molecular complexity index is 514. The van der Waals surface area contributed by atoms with Crippen molar-refractivity contribution in [1.29, 1.82) is 0 Å². The fourth-order valence-corrected chi connectivity index (χ4v) is 2.58. The number of hydrogen-bond donors (Lipinski definition) is 2. The summed E-state index contributed by atoms with van der Waals surface area (Å²) < 4.78 is 5.31. The summed E-state index contributed by atoms with van der Waals surface area (Å²) >= 11 is 0. The Labute approximate surface area is 113 Å². The Morgan fingerprint density at radius 1 is 1.42 bits per heavy atom. The lowest BCUT2D eigenvalue weighted by Crippen LogP contribution is -2.37.